The summed E-state index contributed by atoms with van der Waals surface area (Å²) in [5.41, 5.74) is 1.19. The molecule has 0 amide bonds. The Labute approximate surface area is 95.2 Å². The van der Waals surface area contributed by atoms with Crippen molar-refractivity contribution >= 4 is 18.4 Å². The van der Waals surface area contributed by atoms with Gasteiger partial charge in [0.1, 0.15) is 5.75 Å². The van der Waals surface area contributed by atoms with Gasteiger partial charge in [-0.25, -0.2) is 0 Å². The molecular formula is C11H14ClNO2. The highest BCUT2D eigenvalue weighted by Gasteiger charge is 2.18. The second-order valence-corrected chi connectivity index (χ2v) is 3.46. The molecule has 1 fully saturated rings. The van der Waals surface area contributed by atoms with Crippen LogP contribution in [0.5, 0.6) is 5.75 Å². The van der Waals surface area contributed by atoms with Crippen molar-refractivity contribution in [2.75, 3.05) is 6.54 Å². The number of benzene rings is 1. The van der Waals surface area contributed by atoms with Crippen LogP contribution in [0.4, 0.5) is 0 Å². The van der Waals surface area contributed by atoms with Gasteiger partial charge in [-0.05, 0) is 30.7 Å². The Bertz CT molecular complexity index is 350. The van der Waals surface area contributed by atoms with Gasteiger partial charge in [-0.15, -0.1) is 12.4 Å². The summed E-state index contributed by atoms with van der Waals surface area (Å²) in [5.74, 6) is 0.354. The Hall–Kier alpha value is -1.06. The van der Waals surface area contributed by atoms with E-state index in [1.54, 1.807) is 6.07 Å². The van der Waals surface area contributed by atoms with Gasteiger partial charge in [0.25, 0.3) is 0 Å². The Morgan fingerprint density at radius 3 is 2.80 bits per heavy atom. The first-order valence-corrected chi connectivity index (χ1v) is 4.77. The maximum Gasteiger partial charge on any atom is 0.308 e. The number of esters is 1. The third-order valence-electron chi connectivity index (χ3n) is 2.35. The zero-order chi connectivity index (χ0) is 9.97. The minimum atomic E-state index is -0.274. The van der Waals surface area contributed by atoms with Crippen LogP contribution >= 0.6 is 12.4 Å². The van der Waals surface area contributed by atoms with Crippen molar-refractivity contribution in [3.63, 3.8) is 0 Å². The molecule has 1 aromatic carbocycles. The fourth-order valence-electron chi connectivity index (χ4n) is 1.53. The first-order valence-electron chi connectivity index (χ1n) is 4.77. The van der Waals surface area contributed by atoms with Crippen molar-refractivity contribution < 1.29 is 9.53 Å². The number of nitrogens with one attached hydrogen (secondary N) is 1. The molecule has 0 unspecified atom stereocenters. The summed E-state index contributed by atoms with van der Waals surface area (Å²) in [6.45, 7) is 2.48. The third-order valence-corrected chi connectivity index (χ3v) is 2.35. The average Bonchev–Trinajstić information content (AvgIpc) is 1.99. The molecule has 0 aromatic heterocycles. The number of hydrogen-bond donors (Lipinski definition) is 1. The number of carbonyl (C=O) groups is 1. The van der Waals surface area contributed by atoms with Crippen LogP contribution in [0.25, 0.3) is 0 Å². The molecule has 1 heterocycles. The second-order valence-electron chi connectivity index (χ2n) is 3.46. The molecule has 1 atom stereocenters. The molecule has 1 aromatic rings. The number of hydrogen-bond acceptors (Lipinski definition) is 3. The molecule has 0 radical (unpaired) electrons. The van der Waals surface area contributed by atoms with E-state index in [9.17, 15) is 4.79 Å². The lowest BCUT2D eigenvalue weighted by Gasteiger charge is -2.28. The minimum Gasteiger partial charge on any atom is -0.427 e. The molecule has 82 valence electrons. The lowest BCUT2D eigenvalue weighted by molar-refractivity contribution is -0.131. The van der Waals surface area contributed by atoms with Gasteiger partial charge in [0, 0.05) is 13.0 Å². The van der Waals surface area contributed by atoms with Crippen LogP contribution in [0, 0.1) is 0 Å². The van der Waals surface area contributed by atoms with Crippen LogP contribution in [0.15, 0.2) is 24.3 Å². The van der Waals surface area contributed by atoms with E-state index in [4.69, 9.17) is 4.74 Å². The highest BCUT2D eigenvalue weighted by molar-refractivity contribution is 5.85. The van der Waals surface area contributed by atoms with Crippen molar-refractivity contribution in [1.29, 1.82) is 0 Å². The Kier molecular flexibility index (Phi) is 4.12. The van der Waals surface area contributed by atoms with Crippen LogP contribution in [0.3, 0.4) is 0 Å². The molecule has 0 bridgehead atoms. The van der Waals surface area contributed by atoms with E-state index >= 15 is 0 Å². The maximum absolute atomic E-state index is 10.7. The number of ether oxygens (including phenoxy) is 1. The molecule has 2 rings (SSSR count). The summed E-state index contributed by atoms with van der Waals surface area (Å²) in [6, 6.07) is 8.10. The van der Waals surface area contributed by atoms with Gasteiger partial charge in [-0.3, -0.25) is 4.79 Å². The quantitative estimate of drug-likeness (QED) is 0.621. The fraction of sp³-hybridized carbons (Fsp3) is 0.364. The Morgan fingerprint density at radius 1 is 1.53 bits per heavy atom. The first kappa shape index (κ1) is 12.0. The molecule has 1 saturated heterocycles. The van der Waals surface area contributed by atoms with Crippen molar-refractivity contribution in [3.8, 4) is 5.75 Å². The molecule has 1 aliphatic heterocycles. The highest BCUT2D eigenvalue weighted by Crippen LogP contribution is 2.25. The fourth-order valence-corrected chi connectivity index (χ4v) is 1.53. The van der Waals surface area contributed by atoms with E-state index in [1.165, 1.54) is 12.5 Å². The summed E-state index contributed by atoms with van der Waals surface area (Å²) >= 11 is 0. The highest BCUT2D eigenvalue weighted by atomic mass is 35.5. The molecule has 1 N–H and O–H groups in total. The minimum absolute atomic E-state index is 0. The molecule has 0 saturated carbocycles. The maximum atomic E-state index is 10.7. The van der Waals surface area contributed by atoms with Crippen molar-refractivity contribution in [2.45, 2.75) is 19.4 Å². The van der Waals surface area contributed by atoms with Crippen LogP contribution in [0.2, 0.25) is 0 Å². The van der Waals surface area contributed by atoms with Crippen LogP contribution < -0.4 is 10.1 Å². The second kappa shape index (κ2) is 5.14. The van der Waals surface area contributed by atoms with Crippen LogP contribution in [-0.4, -0.2) is 12.5 Å². The first-order chi connectivity index (χ1) is 6.75. The molecule has 1 aliphatic rings. The number of rotatable bonds is 2. The molecule has 0 spiro atoms. The van der Waals surface area contributed by atoms with Gasteiger partial charge >= 0.3 is 5.97 Å². The van der Waals surface area contributed by atoms with Gasteiger partial charge in [0.15, 0.2) is 0 Å². The average molecular weight is 228 g/mol. The zero-order valence-electron chi connectivity index (χ0n) is 8.53. The largest absolute Gasteiger partial charge is 0.427 e. The van der Waals surface area contributed by atoms with Crippen LogP contribution in [0.1, 0.15) is 24.9 Å². The van der Waals surface area contributed by atoms with E-state index in [1.807, 2.05) is 18.2 Å². The van der Waals surface area contributed by atoms with Gasteiger partial charge in [-0.2, -0.15) is 0 Å². The van der Waals surface area contributed by atoms with Crippen LogP contribution in [-0.2, 0) is 4.79 Å². The SMILES string of the molecule is CC(=O)Oc1cccc([C@H]2CCN2)c1.Cl. The predicted molar refractivity (Wildman–Crippen MR) is 60.4 cm³/mol. The van der Waals surface area contributed by atoms with E-state index in [-0.39, 0.29) is 18.4 Å². The normalized spacial score (nSPS) is 18.6. The summed E-state index contributed by atoms with van der Waals surface area (Å²) in [6.07, 6.45) is 1.16. The molecule has 3 nitrogen and oxygen atoms in total. The number of halogens is 1. The molecule has 4 heteroatoms. The van der Waals surface area contributed by atoms with Gasteiger partial charge in [0.05, 0.1) is 0 Å². The topological polar surface area (TPSA) is 38.3 Å². The van der Waals surface area contributed by atoms with E-state index in [0.29, 0.717) is 11.8 Å². The summed E-state index contributed by atoms with van der Waals surface area (Å²) < 4.78 is 5.01. The standard InChI is InChI=1S/C11H13NO2.ClH/c1-8(13)14-10-4-2-3-9(7-10)11-5-6-12-11;/h2-4,7,11-12H,5-6H2,1H3;1H/t11-;/m1./s1. The van der Waals surface area contributed by atoms with E-state index < -0.39 is 0 Å². The van der Waals surface area contributed by atoms with E-state index in [0.717, 1.165) is 13.0 Å². The van der Waals surface area contributed by atoms with Crippen molar-refractivity contribution in [1.82, 2.24) is 5.32 Å². The summed E-state index contributed by atoms with van der Waals surface area (Å²) in [5, 5.41) is 3.30. The smallest absolute Gasteiger partial charge is 0.308 e. The predicted octanol–water partition coefficient (Wildman–Crippen LogP) is 2.07. The molecule has 15 heavy (non-hydrogen) atoms. The monoisotopic (exact) mass is 227 g/mol. The van der Waals surface area contributed by atoms with Gasteiger partial charge in [-0.1, -0.05) is 12.1 Å². The van der Waals surface area contributed by atoms with Crippen molar-refractivity contribution in [3.05, 3.63) is 29.8 Å². The molecule has 0 aliphatic carbocycles. The van der Waals surface area contributed by atoms with Gasteiger partial charge in [0.2, 0.25) is 0 Å². The Morgan fingerprint density at radius 2 is 2.27 bits per heavy atom. The van der Waals surface area contributed by atoms with Crippen molar-refractivity contribution in [2.24, 2.45) is 0 Å². The Balaban J connectivity index is 0.00000112. The van der Waals surface area contributed by atoms with Gasteiger partial charge < -0.3 is 10.1 Å². The zero-order valence-corrected chi connectivity index (χ0v) is 9.34. The summed E-state index contributed by atoms with van der Waals surface area (Å²) in [4.78, 5) is 10.7. The lowest BCUT2D eigenvalue weighted by Crippen LogP contribution is -2.34. The number of carbonyl (C=O) groups excluding carboxylic acids is 1. The third kappa shape index (κ3) is 2.94. The van der Waals surface area contributed by atoms with E-state index in [2.05, 4.69) is 5.32 Å². The summed E-state index contributed by atoms with van der Waals surface area (Å²) in [7, 11) is 0. The molecular weight excluding hydrogens is 214 g/mol. The lowest BCUT2D eigenvalue weighted by atomic mass is 9.98.